The normalized spacial score (nSPS) is 13.9. The Labute approximate surface area is 166 Å². The minimum atomic E-state index is -0.212. The number of benzene rings is 2. The van der Waals surface area contributed by atoms with Crippen molar-refractivity contribution in [2.75, 3.05) is 23.7 Å². The van der Waals surface area contributed by atoms with Crippen LogP contribution < -0.4 is 10.6 Å². The van der Waals surface area contributed by atoms with Crippen LogP contribution >= 0.6 is 0 Å². The van der Waals surface area contributed by atoms with Gasteiger partial charge in [-0.05, 0) is 54.2 Å². The van der Waals surface area contributed by atoms with Crippen LogP contribution in [-0.4, -0.2) is 29.9 Å². The van der Waals surface area contributed by atoms with E-state index in [1.165, 1.54) is 11.6 Å². The van der Waals surface area contributed by atoms with Gasteiger partial charge in [-0.15, -0.1) is 0 Å². The zero-order chi connectivity index (χ0) is 19.9. The van der Waals surface area contributed by atoms with Gasteiger partial charge >= 0.3 is 6.03 Å². The minimum Gasteiger partial charge on any atom is -0.325 e. The molecule has 146 valence electrons. The zero-order valence-corrected chi connectivity index (χ0v) is 16.4. The topological polar surface area (TPSA) is 61.4 Å². The van der Waals surface area contributed by atoms with E-state index in [-0.39, 0.29) is 11.9 Å². The molecule has 0 saturated carbocycles. The van der Waals surface area contributed by atoms with Crippen molar-refractivity contribution >= 4 is 29.4 Å². The summed E-state index contributed by atoms with van der Waals surface area (Å²) >= 11 is 0. The highest BCUT2D eigenvalue weighted by Crippen LogP contribution is 2.18. The average molecular weight is 377 g/mol. The Balaban J connectivity index is 1.56. The second-order valence-corrected chi connectivity index (χ2v) is 7.35. The zero-order valence-electron chi connectivity index (χ0n) is 16.4. The summed E-state index contributed by atoms with van der Waals surface area (Å²) in [6.07, 6.45) is 5.41. The summed E-state index contributed by atoms with van der Waals surface area (Å²) < 4.78 is 0. The fourth-order valence-corrected chi connectivity index (χ4v) is 3.15. The van der Waals surface area contributed by atoms with Crippen molar-refractivity contribution in [1.29, 1.82) is 0 Å². The third-order valence-electron chi connectivity index (χ3n) is 4.80. The molecular formula is C23H27N3O2. The monoisotopic (exact) mass is 377 g/mol. The first-order valence-electron chi connectivity index (χ1n) is 9.76. The number of anilines is 2. The molecule has 0 atom stereocenters. The van der Waals surface area contributed by atoms with Gasteiger partial charge in [0.15, 0.2) is 0 Å². The number of urea groups is 1. The van der Waals surface area contributed by atoms with Crippen molar-refractivity contribution in [2.45, 2.75) is 32.6 Å². The minimum absolute atomic E-state index is 0.0919. The van der Waals surface area contributed by atoms with E-state index in [9.17, 15) is 9.59 Å². The predicted molar refractivity (Wildman–Crippen MR) is 114 cm³/mol. The molecule has 3 rings (SSSR count). The first kappa shape index (κ1) is 19.7. The van der Waals surface area contributed by atoms with Gasteiger partial charge in [-0.1, -0.05) is 44.2 Å². The fourth-order valence-electron chi connectivity index (χ4n) is 3.15. The summed E-state index contributed by atoms with van der Waals surface area (Å²) in [5.41, 5.74) is 3.56. The van der Waals surface area contributed by atoms with Crippen LogP contribution in [0, 0.1) is 0 Å². The Morgan fingerprint density at radius 3 is 2.25 bits per heavy atom. The van der Waals surface area contributed by atoms with Gasteiger partial charge in [-0.3, -0.25) is 4.79 Å². The van der Waals surface area contributed by atoms with Gasteiger partial charge in [0.1, 0.15) is 0 Å². The number of carbonyl (C=O) groups excluding carboxylic acids is 2. The fraction of sp³-hybridized carbons (Fsp3) is 0.304. The maximum atomic E-state index is 12.2. The maximum Gasteiger partial charge on any atom is 0.321 e. The molecule has 0 aromatic heterocycles. The maximum absolute atomic E-state index is 12.2. The molecule has 0 radical (unpaired) electrons. The van der Waals surface area contributed by atoms with Gasteiger partial charge in [0.25, 0.3) is 0 Å². The SMILES string of the molecule is CC(C)c1ccc(/C=C/C(=O)Nc2cccc(NC(=O)N3CCCC3)c2)cc1. The molecule has 1 fully saturated rings. The van der Waals surface area contributed by atoms with E-state index in [0.717, 1.165) is 31.5 Å². The molecule has 0 aliphatic carbocycles. The lowest BCUT2D eigenvalue weighted by Gasteiger charge is -2.16. The lowest BCUT2D eigenvalue weighted by atomic mass is 10.0. The molecule has 2 N–H and O–H groups in total. The van der Waals surface area contributed by atoms with E-state index in [2.05, 4.69) is 36.6 Å². The lowest BCUT2D eigenvalue weighted by Crippen LogP contribution is -2.32. The summed E-state index contributed by atoms with van der Waals surface area (Å²) in [6, 6.07) is 15.3. The van der Waals surface area contributed by atoms with E-state index < -0.39 is 0 Å². The quantitative estimate of drug-likeness (QED) is 0.713. The Kier molecular flexibility index (Phi) is 6.48. The third kappa shape index (κ3) is 5.46. The molecule has 28 heavy (non-hydrogen) atoms. The number of likely N-dealkylation sites (tertiary alicyclic amines) is 1. The Bertz CT molecular complexity index is 850. The van der Waals surface area contributed by atoms with Crippen LogP contribution in [0.3, 0.4) is 0 Å². The molecule has 1 aliphatic rings. The van der Waals surface area contributed by atoms with E-state index >= 15 is 0 Å². The molecule has 1 aliphatic heterocycles. The summed E-state index contributed by atoms with van der Waals surface area (Å²) in [5.74, 6) is 0.274. The smallest absolute Gasteiger partial charge is 0.321 e. The molecule has 1 saturated heterocycles. The van der Waals surface area contributed by atoms with Crippen molar-refractivity contribution < 1.29 is 9.59 Å². The summed E-state index contributed by atoms with van der Waals surface area (Å²) in [7, 11) is 0. The standard InChI is InChI=1S/C23H27N3O2/c1-17(2)19-11-8-18(9-12-19)10-13-22(27)24-20-6-5-7-21(16-20)25-23(28)26-14-3-4-15-26/h5-13,16-17H,3-4,14-15H2,1-2H3,(H,24,27)(H,25,28)/b13-10+. The van der Waals surface area contributed by atoms with Crippen molar-refractivity contribution in [2.24, 2.45) is 0 Å². The van der Waals surface area contributed by atoms with Gasteiger partial charge in [0.05, 0.1) is 0 Å². The molecule has 3 amide bonds. The summed E-state index contributed by atoms with van der Waals surface area (Å²) in [4.78, 5) is 26.2. The van der Waals surface area contributed by atoms with E-state index in [1.807, 2.05) is 24.3 Å². The number of amides is 3. The van der Waals surface area contributed by atoms with Crippen LogP contribution in [0.5, 0.6) is 0 Å². The van der Waals surface area contributed by atoms with Gasteiger partial charge in [0, 0.05) is 30.5 Å². The van der Waals surface area contributed by atoms with E-state index in [4.69, 9.17) is 0 Å². The second-order valence-electron chi connectivity index (χ2n) is 7.35. The molecule has 0 bridgehead atoms. The van der Waals surface area contributed by atoms with Crippen molar-refractivity contribution in [3.63, 3.8) is 0 Å². The predicted octanol–water partition coefficient (Wildman–Crippen LogP) is 5.09. The lowest BCUT2D eigenvalue weighted by molar-refractivity contribution is -0.111. The van der Waals surface area contributed by atoms with Crippen molar-refractivity contribution in [3.05, 3.63) is 65.7 Å². The molecular weight excluding hydrogens is 350 g/mol. The van der Waals surface area contributed by atoms with Crippen molar-refractivity contribution in [3.8, 4) is 0 Å². The van der Waals surface area contributed by atoms with Crippen LogP contribution in [0.2, 0.25) is 0 Å². The average Bonchev–Trinajstić information content (AvgIpc) is 3.22. The Morgan fingerprint density at radius 2 is 1.61 bits per heavy atom. The van der Waals surface area contributed by atoms with E-state index in [0.29, 0.717) is 17.3 Å². The number of rotatable bonds is 5. The van der Waals surface area contributed by atoms with Gasteiger partial charge in [-0.25, -0.2) is 4.79 Å². The van der Waals surface area contributed by atoms with Crippen LogP contribution in [-0.2, 0) is 4.79 Å². The Morgan fingerprint density at radius 1 is 0.964 bits per heavy atom. The number of nitrogens with one attached hydrogen (secondary N) is 2. The van der Waals surface area contributed by atoms with Crippen LogP contribution in [0.25, 0.3) is 6.08 Å². The highest BCUT2D eigenvalue weighted by Gasteiger charge is 2.17. The molecule has 5 heteroatoms. The van der Waals surface area contributed by atoms with Gasteiger partial charge < -0.3 is 15.5 Å². The van der Waals surface area contributed by atoms with E-state index in [1.54, 1.807) is 23.1 Å². The largest absolute Gasteiger partial charge is 0.325 e. The van der Waals surface area contributed by atoms with Gasteiger partial charge in [0.2, 0.25) is 5.91 Å². The molecule has 1 heterocycles. The number of hydrogen-bond donors (Lipinski definition) is 2. The summed E-state index contributed by atoms with van der Waals surface area (Å²) in [6.45, 7) is 5.90. The number of hydrogen-bond acceptors (Lipinski definition) is 2. The highest BCUT2D eigenvalue weighted by molar-refractivity contribution is 6.02. The molecule has 2 aromatic carbocycles. The van der Waals surface area contributed by atoms with Crippen LogP contribution in [0.4, 0.5) is 16.2 Å². The molecule has 0 unspecified atom stereocenters. The molecule has 0 spiro atoms. The molecule has 5 nitrogen and oxygen atoms in total. The third-order valence-corrected chi connectivity index (χ3v) is 4.80. The summed E-state index contributed by atoms with van der Waals surface area (Å²) in [5, 5.41) is 5.72. The van der Waals surface area contributed by atoms with Crippen molar-refractivity contribution in [1.82, 2.24) is 4.90 Å². The Hall–Kier alpha value is -3.08. The second kappa shape index (κ2) is 9.22. The first-order chi connectivity index (χ1) is 13.5. The van der Waals surface area contributed by atoms with Crippen LogP contribution in [0.1, 0.15) is 43.7 Å². The highest BCUT2D eigenvalue weighted by atomic mass is 16.2. The van der Waals surface area contributed by atoms with Crippen LogP contribution in [0.15, 0.2) is 54.6 Å². The first-order valence-corrected chi connectivity index (χ1v) is 9.76. The number of carbonyl (C=O) groups is 2. The number of nitrogens with zero attached hydrogens (tertiary/aromatic N) is 1. The molecule has 2 aromatic rings. The van der Waals surface area contributed by atoms with Gasteiger partial charge in [-0.2, -0.15) is 0 Å².